The predicted molar refractivity (Wildman–Crippen MR) is 106 cm³/mol. The zero-order chi connectivity index (χ0) is 18.8. The summed E-state index contributed by atoms with van der Waals surface area (Å²) in [6.07, 6.45) is 1.60. The molecule has 4 rings (SSSR count). The van der Waals surface area contributed by atoms with E-state index in [-0.39, 0.29) is 5.91 Å². The van der Waals surface area contributed by atoms with Gasteiger partial charge < -0.3 is 19.6 Å². The number of hydrogen-bond acceptors (Lipinski definition) is 4. The van der Waals surface area contributed by atoms with E-state index >= 15 is 0 Å². The number of ether oxygens (including phenoxy) is 1. The van der Waals surface area contributed by atoms with E-state index in [4.69, 9.17) is 4.74 Å². The molecule has 0 aliphatic carbocycles. The molecule has 5 heteroatoms. The minimum absolute atomic E-state index is 0.0848. The Balaban J connectivity index is 1.53. The van der Waals surface area contributed by atoms with Crippen LogP contribution in [0.5, 0.6) is 5.75 Å². The molecule has 2 aromatic carbocycles. The number of phenols is 1. The molecule has 2 aromatic rings. The molecule has 1 N–H and O–H groups in total. The summed E-state index contributed by atoms with van der Waals surface area (Å²) >= 11 is 0. The molecule has 0 unspecified atom stereocenters. The van der Waals surface area contributed by atoms with Crippen molar-refractivity contribution in [3.8, 4) is 5.75 Å². The van der Waals surface area contributed by atoms with E-state index in [9.17, 15) is 9.90 Å². The van der Waals surface area contributed by atoms with Crippen molar-refractivity contribution in [1.82, 2.24) is 4.90 Å². The van der Waals surface area contributed by atoms with Crippen LogP contribution in [0.2, 0.25) is 0 Å². The minimum Gasteiger partial charge on any atom is -0.508 e. The highest BCUT2D eigenvalue weighted by Gasteiger charge is 2.22. The molecule has 0 aromatic heterocycles. The van der Waals surface area contributed by atoms with Gasteiger partial charge in [-0.2, -0.15) is 0 Å². The first kappa shape index (κ1) is 17.9. The van der Waals surface area contributed by atoms with Crippen molar-refractivity contribution in [3.05, 3.63) is 58.7 Å². The molecule has 0 saturated carbocycles. The Morgan fingerprint density at radius 1 is 0.963 bits per heavy atom. The summed E-state index contributed by atoms with van der Waals surface area (Å²) in [7, 11) is 0. The van der Waals surface area contributed by atoms with Gasteiger partial charge >= 0.3 is 0 Å². The number of carbonyl (C=O) groups excluding carboxylic acids is 1. The lowest BCUT2D eigenvalue weighted by Gasteiger charge is -2.30. The predicted octanol–water partition coefficient (Wildman–Crippen LogP) is 2.78. The van der Waals surface area contributed by atoms with E-state index in [0.29, 0.717) is 18.8 Å². The molecular weight excluding hydrogens is 340 g/mol. The minimum atomic E-state index is 0.0848. The van der Waals surface area contributed by atoms with Crippen LogP contribution in [0.4, 0.5) is 5.69 Å². The molecule has 2 heterocycles. The number of carbonyl (C=O) groups is 1. The molecule has 1 fully saturated rings. The van der Waals surface area contributed by atoms with Crippen LogP contribution in [0.3, 0.4) is 0 Å². The van der Waals surface area contributed by atoms with Gasteiger partial charge in [0.1, 0.15) is 5.75 Å². The fraction of sp³-hybridized carbons (Fsp3) is 0.409. The van der Waals surface area contributed by atoms with Gasteiger partial charge in [0.05, 0.1) is 13.2 Å². The van der Waals surface area contributed by atoms with Gasteiger partial charge in [0.2, 0.25) is 0 Å². The van der Waals surface area contributed by atoms with Crippen molar-refractivity contribution >= 4 is 11.6 Å². The highest BCUT2D eigenvalue weighted by molar-refractivity contribution is 5.95. The molecule has 1 amide bonds. The number of phenolic OH excluding ortho intramolecular Hbond substituents is 1. The molecule has 2 aliphatic rings. The fourth-order valence-corrected chi connectivity index (χ4v) is 3.98. The normalized spacial score (nSPS) is 17.4. The maximum atomic E-state index is 13.2. The number of benzene rings is 2. The second-order valence-electron chi connectivity index (χ2n) is 7.35. The first-order chi connectivity index (χ1) is 13.1. The van der Waals surface area contributed by atoms with E-state index in [0.717, 1.165) is 56.0 Å². The van der Waals surface area contributed by atoms with Crippen molar-refractivity contribution in [3.63, 3.8) is 0 Å². The van der Waals surface area contributed by atoms with Gasteiger partial charge in [0.25, 0.3) is 5.91 Å². The number of hydrogen-bond donors (Lipinski definition) is 1. The number of nitrogens with zero attached hydrogens (tertiary/aromatic N) is 2. The third kappa shape index (κ3) is 3.78. The van der Waals surface area contributed by atoms with Crippen LogP contribution in [0.1, 0.15) is 27.0 Å². The van der Waals surface area contributed by atoms with Crippen molar-refractivity contribution in [1.29, 1.82) is 0 Å². The standard InChI is InChI=1S/C22H26N2O3/c1-16-2-3-19(15-21(16)23-10-12-27-13-11-23)22(26)24-8-6-17-4-5-20(25)14-18(17)7-9-24/h2-5,14-15,25H,6-13H2,1H3. The Labute approximate surface area is 160 Å². The van der Waals surface area contributed by atoms with Crippen LogP contribution in [-0.2, 0) is 17.6 Å². The lowest BCUT2D eigenvalue weighted by atomic mass is 10.0. The summed E-state index contributed by atoms with van der Waals surface area (Å²) in [5, 5.41) is 9.72. The number of morpholine rings is 1. The van der Waals surface area contributed by atoms with Crippen LogP contribution in [0.25, 0.3) is 0 Å². The maximum absolute atomic E-state index is 13.2. The number of fused-ring (bicyclic) bond motifs is 1. The fourth-order valence-electron chi connectivity index (χ4n) is 3.98. The van der Waals surface area contributed by atoms with E-state index in [1.165, 1.54) is 11.1 Å². The smallest absolute Gasteiger partial charge is 0.253 e. The highest BCUT2D eigenvalue weighted by atomic mass is 16.5. The van der Waals surface area contributed by atoms with Gasteiger partial charge in [-0.1, -0.05) is 12.1 Å². The average molecular weight is 366 g/mol. The number of amides is 1. The van der Waals surface area contributed by atoms with E-state index in [2.05, 4.69) is 11.8 Å². The van der Waals surface area contributed by atoms with E-state index < -0.39 is 0 Å². The molecule has 1 saturated heterocycles. The molecule has 0 bridgehead atoms. The highest BCUT2D eigenvalue weighted by Crippen LogP contribution is 2.25. The number of aryl methyl sites for hydroxylation is 1. The van der Waals surface area contributed by atoms with Gasteiger partial charge in [-0.25, -0.2) is 0 Å². The summed E-state index contributed by atoms with van der Waals surface area (Å²) in [6.45, 7) is 6.66. The van der Waals surface area contributed by atoms with E-state index in [1.807, 2.05) is 35.2 Å². The summed E-state index contributed by atoms with van der Waals surface area (Å²) < 4.78 is 5.45. The van der Waals surface area contributed by atoms with Gasteiger partial charge in [0.15, 0.2) is 0 Å². The summed E-state index contributed by atoms with van der Waals surface area (Å²) in [5.41, 5.74) is 5.43. The van der Waals surface area contributed by atoms with Crippen LogP contribution in [0.15, 0.2) is 36.4 Å². The van der Waals surface area contributed by atoms with Crippen molar-refractivity contribution < 1.29 is 14.6 Å². The van der Waals surface area contributed by atoms with Crippen molar-refractivity contribution in [2.24, 2.45) is 0 Å². The van der Waals surface area contributed by atoms with E-state index in [1.54, 1.807) is 6.07 Å². The molecule has 142 valence electrons. The zero-order valence-electron chi connectivity index (χ0n) is 15.8. The Morgan fingerprint density at radius 2 is 1.70 bits per heavy atom. The molecule has 2 aliphatic heterocycles. The first-order valence-corrected chi connectivity index (χ1v) is 9.65. The number of aromatic hydroxyl groups is 1. The van der Waals surface area contributed by atoms with Gasteiger partial charge in [-0.3, -0.25) is 4.79 Å². The number of anilines is 1. The van der Waals surface area contributed by atoms with Gasteiger partial charge in [-0.05, 0) is 60.7 Å². The van der Waals surface area contributed by atoms with Crippen molar-refractivity contribution in [2.45, 2.75) is 19.8 Å². The monoisotopic (exact) mass is 366 g/mol. The third-order valence-electron chi connectivity index (χ3n) is 5.59. The zero-order valence-corrected chi connectivity index (χ0v) is 15.8. The van der Waals surface area contributed by atoms with Crippen LogP contribution in [-0.4, -0.2) is 55.3 Å². The largest absolute Gasteiger partial charge is 0.508 e. The van der Waals surface area contributed by atoms with Crippen LogP contribution in [0, 0.1) is 6.92 Å². The first-order valence-electron chi connectivity index (χ1n) is 9.65. The molecule has 0 atom stereocenters. The maximum Gasteiger partial charge on any atom is 0.253 e. The summed E-state index contributed by atoms with van der Waals surface area (Å²) in [6, 6.07) is 11.5. The van der Waals surface area contributed by atoms with Gasteiger partial charge in [0, 0.05) is 37.4 Å². The third-order valence-corrected chi connectivity index (χ3v) is 5.59. The summed E-state index contributed by atoms with van der Waals surface area (Å²) in [4.78, 5) is 17.4. The Hall–Kier alpha value is -2.53. The quantitative estimate of drug-likeness (QED) is 0.888. The second-order valence-corrected chi connectivity index (χ2v) is 7.35. The van der Waals surface area contributed by atoms with Crippen molar-refractivity contribution in [2.75, 3.05) is 44.3 Å². The number of rotatable bonds is 2. The lowest BCUT2D eigenvalue weighted by Crippen LogP contribution is -2.37. The Bertz CT molecular complexity index is 843. The lowest BCUT2D eigenvalue weighted by molar-refractivity contribution is 0.0763. The Morgan fingerprint density at radius 3 is 2.48 bits per heavy atom. The molecule has 5 nitrogen and oxygen atoms in total. The average Bonchev–Trinajstić information content (AvgIpc) is 2.90. The summed E-state index contributed by atoms with van der Waals surface area (Å²) in [5.74, 6) is 0.378. The topological polar surface area (TPSA) is 53.0 Å². The molecule has 0 radical (unpaired) electrons. The molecular formula is C22H26N2O3. The Kier molecular flexibility index (Phi) is 5.03. The molecule has 27 heavy (non-hydrogen) atoms. The van der Waals surface area contributed by atoms with Gasteiger partial charge in [-0.15, -0.1) is 0 Å². The second kappa shape index (κ2) is 7.61. The van der Waals surface area contributed by atoms with Crippen LogP contribution < -0.4 is 4.90 Å². The molecule has 0 spiro atoms. The SMILES string of the molecule is Cc1ccc(C(=O)N2CCc3ccc(O)cc3CC2)cc1N1CCOCC1. The van der Waals surface area contributed by atoms with Crippen LogP contribution >= 0.6 is 0 Å².